The van der Waals surface area contributed by atoms with Crippen molar-refractivity contribution < 1.29 is 12.3 Å². The maximum Gasteiger partial charge on any atom is 0.323 e. The molecular formula is C24H22ClN5O2. The standard InChI is InChI=1S/C24H22ClN5O2/c1-32-22-6-5-16(25)13-20(22)29-24(31)28-19-3-2-4-21-18(19)9-12-30(21)14-15-7-10-26-23-17(15)8-11-27-23/h2-8,10-11,13H,9,12,14H2,1H3,(H,26,27)(H2,28,29,31)/i14D2. The van der Waals surface area contributed by atoms with E-state index < -0.39 is 12.5 Å². The smallest absolute Gasteiger partial charge is 0.323 e. The number of amides is 2. The SMILES string of the molecule is [2H]C([2H])(c1ccnc2[nH]ccc12)N1CCc2c(NC(=O)Nc3cc(Cl)ccc3OC)cccc21. The number of fused-ring (bicyclic) bond motifs is 2. The maximum absolute atomic E-state index is 12.8. The minimum absolute atomic E-state index is 0.446. The molecule has 0 atom stereocenters. The van der Waals surface area contributed by atoms with Crippen molar-refractivity contribution in [3.8, 4) is 5.75 Å². The number of aromatic amines is 1. The number of ether oxygens (including phenoxy) is 1. The van der Waals surface area contributed by atoms with Gasteiger partial charge in [-0.05, 0) is 54.4 Å². The number of carbonyl (C=O) groups excluding carboxylic acids is 1. The number of nitrogens with one attached hydrogen (secondary N) is 3. The summed E-state index contributed by atoms with van der Waals surface area (Å²) in [5.74, 6) is 0.491. The fourth-order valence-corrected chi connectivity index (χ4v) is 4.10. The Bertz CT molecular complexity index is 1390. The van der Waals surface area contributed by atoms with E-state index in [1.165, 1.54) is 7.11 Å². The zero-order chi connectivity index (χ0) is 23.9. The first-order valence-corrected chi connectivity index (χ1v) is 10.5. The Morgan fingerprint density at radius 3 is 3.00 bits per heavy atom. The summed E-state index contributed by atoms with van der Waals surface area (Å²) in [6.45, 7) is -1.30. The normalized spacial score (nSPS) is 14.0. The van der Waals surface area contributed by atoms with E-state index in [2.05, 4.69) is 20.6 Å². The zero-order valence-electron chi connectivity index (χ0n) is 19.3. The van der Waals surface area contributed by atoms with Gasteiger partial charge in [0.1, 0.15) is 11.4 Å². The highest BCUT2D eigenvalue weighted by molar-refractivity contribution is 6.31. The third-order valence-electron chi connectivity index (χ3n) is 5.40. The summed E-state index contributed by atoms with van der Waals surface area (Å²) in [5, 5.41) is 6.87. The van der Waals surface area contributed by atoms with E-state index in [1.54, 1.807) is 47.6 Å². The Morgan fingerprint density at radius 1 is 1.25 bits per heavy atom. The second-order valence-corrected chi connectivity index (χ2v) is 7.78. The molecule has 1 aliphatic heterocycles. The van der Waals surface area contributed by atoms with Gasteiger partial charge in [0.25, 0.3) is 0 Å². The first-order chi connectivity index (χ1) is 16.4. The number of hydrogen-bond donors (Lipinski definition) is 3. The highest BCUT2D eigenvalue weighted by atomic mass is 35.5. The Morgan fingerprint density at radius 2 is 2.12 bits per heavy atom. The predicted molar refractivity (Wildman–Crippen MR) is 128 cm³/mol. The van der Waals surface area contributed by atoms with Gasteiger partial charge >= 0.3 is 6.03 Å². The minimum atomic E-state index is -1.77. The molecule has 0 radical (unpaired) electrons. The van der Waals surface area contributed by atoms with Gasteiger partial charge in [-0.1, -0.05) is 17.7 Å². The molecule has 7 nitrogen and oxygen atoms in total. The van der Waals surface area contributed by atoms with E-state index in [4.69, 9.17) is 19.1 Å². The lowest BCUT2D eigenvalue weighted by Gasteiger charge is -2.20. The van der Waals surface area contributed by atoms with Crippen LogP contribution < -0.4 is 20.3 Å². The fraction of sp³-hybridized carbons (Fsp3) is 0.167. The highest BCUT2D eigenvalue weighted by Crippen LogP contribution is 2.35. The van der Waals surface area contributed by atoms with Crippen LogP contribution in [0, 0.1) is 0 Å². The number of hydrogen-bond acceptors (Lipinski definition) is 4. The van der Waals surface area contributed by atoms with Crippen LogP contribution in [0.2, 0.25) is 5.02 Å². The molecule has 8 heteroatoms. The third kappa shape index (κ3) is 3.83. The molecule has 0 spiro atoms. The summed E-state index contributed by atoms with van der Waals surface area (Å²) in [6.07, 6.45) is 3.95. The Hall–Kier alpha value is -3.71. The lowest BCUT2D eigenvalue weighted by Crippen LogP contribution is -2.21. The lowest BCUT2D eigenvalue weighted by atomic mass is 10.1. The number of benzene rings is 2. The quantitative estimate of drug-likeness (QED) is 0.379. The van der Waals surface area contributed by atoms with Gasteiger partial charge in [0.15, 0.2) is 0 Å². The number of H-pyrrole nitrogens is 1. The molecule has 0 saturated carbocycles. The molecule has 162 valence electrons. The molecule has 3 N–H and O–H groups in total. The molecule has 2 amide bonds. The molecule has 0 saturated heterocycles. The van der Waals surface area contributed by atoms with E-state index in [9.17, 15) is 4.79 Å². The number of carbonyl (C=O) groups is 1. The van der Waals surface area contributed by atoms with E-state index >= 15 is 0 Å². The molecule has 5 rings (SSSR count). The van der Waals surface area contributed by atoms with Crippen molar-refractivity contribution >= 4 is 45.7 Å². The second kappa shape index (κ2) is 8.43. The van der Waals surface area contributed by atoms with Gasteiger partial charge in [-0.2, -0.15) is 0 Å². The Labute approximate surface area is 193 Å². The van der Waals surface area contributed by atoms with Gasteiger partial charge in [-0.15, -0.1) is 0 Å². The lowest BCUT2D eigenvalue weighted by molar-refractivity contribution is 0.262. The molecule has 0 aliphatic carbocycles. The molecule has 0 fully saturated rings. The summed E-state index contributed by atoms with van der Waals surface area (Å²) in [6, 6.07) is 13.6. The molecule has 0 bridgehead atoms. The number of rotatable bonds is 5. The molecule has 3 heterocycles. The van der Waals surface area contributed by atoms with E-state index in [0.29, 0.717) is 46.3 Å². The van der Waals surface area contributed by atoms with Crippen LogP contribution in [-0.4, -0.2) is 29.7 Å². The van der Waals surface area contributed by atoms with Crippen LogP contribution in [0.5, 0.6) is 5.75 Å². The minimum Gasteiger partial charge on any atom is -0.495 e. The molecule has 2 aromatic heterocycles. The van der Waals surface area contributed by atoms with Crippen LogP contribution in [0.3, 0.4) is 0 Å². The first kappa shape index (κ1) is 17.9. The van der Waals surface area contributed by atoms with E-state index in [1.807, 2.05) is 18.2 Å². The zero-order valence-corrected chi connectivity index (χ0v) is 18.0. The Kier molecular flexibility index (Phi) is 4.72. The largest absolute Gasteiger partial charge is 0.495 e. The van der Waals surface area contributed by atoms with Crippen LogP contribution in [0.15, 0.2) is 60.9 Å². The van der Waals surface area contributed by atoms with Crippen molar-refractivity contribution in [1.29, 1.82) is 0 Å². The summed E-state index contributed by atoms with van der Waals surface area (Å²) < 4.78 is 23.2. The number of nitrogens with zero attached hydrogens (tertiary/aromatic N) is 2. The predicted octanol–water partition coefficient (Wildman–Crippen LogP) is 5.43. The number of aromatic nitrogens is 2. The molecule has 32 heavy (non-hydrogen) atoms. The van der Waals surface area contributed by atoms with Crippen molar-refractivity contribution in [3.05, 3.63) is 77.1 Å². The van der Waals surface area contributed by atoms with Gasteiger partial charge in [-0.25, -0.2) is 9.78 Å². The number of urea groups is 1. The third-order valence-corrected chi connectivity index (χ3v) is 5.64. The maximum atomic E-state index is 12.8. The van der Waals surface area contributed by atoms with Crippen LogP contribution >= 0.6 is 11.6 Å². The first-order valence-electron chi connectivity index (χ1n) is 11.1. The van der Waals surface area contributed by atoms with Gasteiger partial charge in [0.2, 0.25) is 0 Å². The van der Waals surface area contributed by atoms with Crippen molar-refractivity contribution in [2.75, 3.05) is 29.2 Å². The summed E-state index contributed by atoms with van der Waals surface area (Å²) in [7, 11) is 1.52. The van der Waals surface area contributed by atoms with Crippen LogP contribution in [0.1, 0.15) is 13.9 Å². The summed E-state index contributed by atoms with van der Waals surface area (Å²) >= 11 is 6.06. The van der Waals surface area contributed by atoms with Gasteiger partial charge in [0, 0.05) is 52.8 Å². The van der Waals surface area contributed by atoms with Crippen molar-refractivity contribution in [2.45, 2.75) is 12.9 Å². The second-order valence-electron chi connectivity index (χ2n) is 7.34. The summed E-state index contributed by atoms with van der Waals surface area (Å²) in [5.41, 5.74) is 3.87. The van der Waals surface area contributed by atoms with Crippen LogP contribution in [0.25, 0.3) is 11.0 Å². The number of halogens is 1. The average molecular weight is 450 g/mol. The van der Waals surface area contributed by atoms with Gasteiger partial charge < -0.3 is 25.3 Å². The molecular weight excluding hydrogens is 426 g/mol. The monoisotopic (exact) mass is 449 g/mol. The van der Waals surface area contributed by atoms with Crippen molar-refractivity contribution in [3.63, 3.8) is 0 Å². The topological polar surface area (TPSA) is 82.3 Å². The molecule has 4 aromatic rings. The Balaban J connectivity index is 1.42. The highest BCUT2D eigenvalue weighted by Gasteiger charge is 2.23. The number of methoxy groups -OCH3 is 1. The van der Waals surface area contributed by atoms with E-state index in [-0.39, 0.29) is 0 Å². The molecule has 0 unspecified atom stereocenters. The van der Waals surface area contributed by atoms with Crippen molar-refractivity contribution in [2.24, 2.45) is 0 Å². The molecule has 2 aromatic carbocycles. The average Bonchev–Trinajstić information content (AvgIpc) is 3.47. The van der Waals surface area contributed by atoms with Crippen LogP contribution in [-0.2, 0) is 12.9 Å². The van der Waals surface area contributed by atoms with E-state index in [0.717, 1.165) is 16.6 Å². The van der Waals surface area contributed by atoms with Crippen LogP contribution in [0.4, 0.5) is 21.9 Å². The fourth-order valence-electron chi connectivity index (χ4n) is 3.93. The molecule has 1 aliphatic rings. The number of pyridine rings is 1. The number of anilines is 3. The van der Waals surface area contributed by atoms with Crippen molar-refractivity contribution in [1.82, 2.24) is 9.97 Å². The van der Waals surface area contributed by atoms with Gasteiger partial charge in [-0.3, -0.25) is 0 Å². The van der Waals surface area contributed by atoms with Gasteiger partial charge in [0.05, 0.1) is 15.5 Å². The summed E-state index contributed by atoms with van der Waals surface area (Å²) in [4.78, 5) is 21.8.